The van der Waals surface area contributed by atoms with E-state index in [2.05, 4.69) is 68.5 Å². The third kappa shape index (κ3) is 6.27. The molecule has 1 aliphatic carbocycles. The van der Waals surface area contributed by atoms with Crippen LogP contribution >= 0.6 is 0 Å². The van der Waals surface area contributed by atoms with Gasteiger partial charge < -0.3 is 4.74 Å². The summed E-state index contributed by atoms with van der Waals surface area (Å²) in [5.41, 5.74) is 5.21. The van der Waals surface area contributed by atoms with E-state index in [0.29, 0.717) is 18.3 Å². The molecular weight excluding hydrogens is 359 g/mol. The number of rotatable bonds is 9. The van der Waals surface area contributed by atoms with Crippen molar-refractivity contribution in [3.8, 4) is 11.1 Å². The minimum Gasteiger partial charge on any atom is -0.374 e. The molecule has 156 valence electrons. The second kappa shape index (κ2) is 11.3. The molecule has 0 bridgehead atoms. The molecule has 1 atom stereocenters. The number of hydrogen-bond acceptors (Lipinski definition) is 1. The lowest BCUT2D eigenvalue weighted by Gasteiger charge is -2.27. The first kappa shape index (κ1) is 21.8. The quantitative estimate of drug-likeness (QED) is 0.391. The predicted molar refractivity (Wildman–Crippen MR) is 121 cm³/mol. The highest BCUT2D eigenvalue weighted by Gasteiger charge is 2.20. The molecule has 1 aliphatic rings. The highest BCUT2D eigenvalue weighted by Crippen LogP contribution is 2.37. The molecule has 0 aliphatic heterocycles. The van der Waals surface area contributed by atoms with E-state index in [-0.39, 0.29) is 12.8 Å². The van der Waals surface area contributed by atoms with Crippen LogP contribution in [0.2, 0.25) is 0 Å². The van der Waals surface area contributed by atoms with Crippen molar-refractivity contribution in [2.45, 2.75) is 64.4 Å². The van der Waals surface area contributed by atoms with Gasteiger partial charge >= 0.3 is 0 Å². The van der Waals surface area contributed by atoms with Gasteiger partial charge in [0.2, 0.25) is 0 Å². The van der Waals surface area contributed by atoms with Crippen LogP contribution in [0.15, 0.2) is 60.7 Å². The van der Waals surface area contributed by atoms with Gasteiger partial charge in [-0.15, -0.1) is 0 Å². The van der Waals surface area contributed by atoms with Crippen LogP contribution in [0.3, 0.4) is 0 Å². The number of halogens is 1. The van der Waals surface area contributed by atoms with Crippen LogP contribution in [0.5, 0.6) is 0 Å². The molecule has 2 aromatic carbocycles. The molecule has 1 saturated carbocycles. The molecule has 0 aromatic heterocycles. The van der Waals surface area contributed by atoms with Gasteiger partial charge in [-0.25, -0.2) is 0 Å². The molecule has 0 heterocycles. The van der Waals surface area contributed by atoms with Gasteiger partial charge in [0.1, 0.15) is 0 Å². The summed E-state index contributed by atoms with van der Waals surface area (Å²) >= 11 is 0. The maximum atomic E-state index is 12.2. The Morgan fingerprint density at radius 3 is 2.17 bits per heavy atom. The van der Waals surface area contributed by atoms with E-state index in [1.165, 1.54) is 47.9 Å². The summed E-state index contributed by atoms with van der Waals surface area (Å²) in [5.74, 6) is 1.30. The molecule has 2 heteroatoms. The molecule has 0 amide bonds. The van der Waals surface area contributed by atoms with Crippen molar-refractivity contribution < 1.29 is 9.13 Å². The topological polar surface area (TPSA) is 9.23 Å². The van der Waals surface area contributed by atoms with Gasteiger partial charge in [-0.1, -0.05) is 67.6 Å². The van der Waals surface area contributed by atoms with Crippen molar-refractivity contribution >= 4 is 0 Å². The Balaban J connectivity index is 1.56. The average Bonchev–Trinajstić information content (AvgIpc) is 2.78. The number of alkyl halides is 1. The highest BCUT2D eigenvalue weighted by molar-refractivity contribution is 5.64. The zero-order chi connectivity index (χ0) is 20.5. The maximum absolute atomic E-state index is 12.2. The summed E-state index contributed by atoms with van der Waals surface area (Å²) in [6.07, 6.45) is 10.9. The zero-order valence-electron chi connectivity index (χ0n) is 17.9. The van der Waals surface area contributed by atoms with Gasteiger partial charge in [0.15, 0.2) is 0 Å². The predicted octanol–water partition coefficient (Wildman–Crippen LogP) is 8.03. The number of ether oxygens (including phenoxy) is 1. The SMILES string of the molecule is CCCOC(C)c1ccc(-c2ccc([C@H]3CC[C@H](C=CCCF)CC3)cc2)cc1. The van der Waals surface area contributed by atoms with E-state index in [4.69, 9.17) is 4.74 Å². The molecular formula is C27H35FO. The van der Waals surface area contributed by atoms with Gasteiger partial charge in [-0.3, -0.25) is 4.39 Å². The number of allylic oxidation sites excluding steroid dienone is 2. The van der Waals surface area contributed by atoms with Crippen LogP contribution in [0.25, 0.3) is 11.1 Å². The van der Waals surface area contributed by atoms with Crippen LogP contribution < -0.4 is 0 Å². The van der Waals surface area contributed by atoms with Crippen LogP contribution in [0, 0.1) is 5.92 Å². The summed E-state index contributed by atoms with van der Waals surface area (Å²) in [5, 5.41) is 0. The Hall–Kier alpha value is -1.93. The Morgan fingerprint density at radius 2 is 1.59 bits per heavy atom. The summed E-state index contributed by atoms with van der Waals surface area (Å²) in [7, 11) is 0. The average molecular weight is 395 g/mol. The van der Waals surface area contributed by atoms with Crippen LogP contribution in [-0.4, -0.2) is 13.3 Å². The van der Waals surface area contributed by atoms with Gasteiger partial charge in [-0.2, -0.15) is 0 Å². The van der Waals surface area contributed by atoms with Crippen LogP contribution in [-0.2, 0) is 4.74 Å². The summed E-state index contributed by atoms with van der Waals surface area (Å²) < 4.78 is 18.0. The Kier molecular flexibility index (Phi) is 8.49. The van der Waals surface area contributed by atoms with E-state index in [1.807, 2.05) is 6.08 Å². The summed E-state index contributed by atoms with van der Waals surface area (Å²) in [6.45, 7) is 4.81. The normalized spacial score (nSPS) is 20.8. The fraction of sp³-hybridized carbons (Fsp3) is 0.481. The lowest BCUT2D eigenvalue weighted by molar-refractivity contribution is 0.0663. The minimum absolute atomic E-state index is 0.147. The molecule has 29 heavy (non-hydrogen) atoms. The third-order valence-electron chi connectivity index (χ3n) is 6.12. The van der Waals surface area contributed by atoms with Crippen molar-refractivity contribution in [3.63, 3.8) is 0 Å². The molecule has 0 radical (unpaired) electrons. The van der Waals surface area contributed by atoms with Gasteiger partial charge in [0.05, 0.1) is 12.8 Å². The second-order valence-corrected chi connectivity index (χ2v) is 8.27. The molecule has 1 fully saturated rings. The zero-order valence-corrected chi connectivity index (χ0v) is 17.9. The smallest absolute Gasteiger partial charge is 0.0928 e. The minimum atomic E-state index is -0.243. The van der Waals surface area contributed by atoms with Crippen LogP contribution in [0.1, 0.15) is 75.5 Å². The molecule has 0 N–H and O–H groups in total. The van der Waals surface area contributed by atoms with E-state index in [0.717, 1.165) is 13.0 Å². The first-order chi connectivity index (χ1) is 14.2. The molecule has 2 aromatic rings. The maximum Gasteiger partial charge on any atom is 0.0928 e. The van der Waals surface area contributed by atoms with Crippen molar-refractivity contribution in [2.75, 3.05) is 13.3 Å². The summed E-state index contributed by atoms with van der Waals surface area (Å²) in [6, 6.07) is 17.9. The molecule has 0 spiro atoms. The van der Waals surface area contributed by atoms with Gasteiger partial charge in [-0.05, 0) is 79.5 Å². The van der Waals surface area contributed by atoms with Gasteiger partial charge in [0, 0.05) is 6.61 Å². The van der Waals surface area contributed by atoms with Crippen molar-refractivity contribution in [2.24, 2.45) is 5.92 Å². The van der Waals surface area contributed by atoms with Crippen molar-refractivity contribution in [1.29, 1.82) is 0 Å². The Bertz CT molecular complexity index is 739. The lowest BCUT2D eigenvalue weighted by Crippen LogP contribution is -2.11. The number of benzene rings is 2. The second-order valence-electron chi connectivity index (χ2n) is 8.27. The molecule has 0 saturated heterocycles. The van der Waals surface area contributed by atoms with Crippen molar-refractivity contribution in [1.82, 2.24) is 0 Å². The van der Waals surface area contributed by atoms with E-state index in [9.17, 15) is 4.39 Å². The Labute approximate surface area is 176 Å². The Morgan fingerprint density at radius 1 is 0.966 bits per heavy atom. The monoisotopic (exact) mass is 394 g/mol. The van der Waals surface area contributed by atoms with Crippen LogP contribution in [0.4, 0.5) is 4.39 Å². The van der Waals surface area contributed by atoms with E-state index >= 15 is 0 Å². The van der Waals surface area contributed by atoms with Gasteiger partial charge in [0.25, 0.3) is 0 Å². The highest BCUT2D eigenvalue weighted by atomic mass is 19.1. The molecule has 1 unspecified atom stereocenters. The summed E-state index contributed by atoms with van der Waals surface area (Å²) in [4.78, 5) is 0. The first-order valence-corrected chi connectivity index (χ1v) is 11.3. The largest absolute Gasteiger partial charge is 0.374 e. The lowest BCUT2D eigenvalue weighted by atomic mass is 9.78. The third-order valence-corrected chi connectivity index (χ3v) is 6.12. The fourth-order valence-corrected chi connectivity index (χ4v) is 4.28. The van der Waals surface area contributed by atoms with Crippen molar-refractivity contribution in [3.05, 3.63) is 71.8 Å². The van der Waals surface area contributed by atoms with E-state index < -0.39 is 0 Å². The van der Waals surface area contributed by atoms with E-state index in [1.54, 1.807) is 0 Å². The molecule has 1 nitrogen and oxygen atoms in total. The number of hydrogen-bond donors (Lipinski definition) is 0. The standard InChI is InChI=1S/C27H35FO/c1-3-20-29-21(2)23-11-13-25(14-12-23)27-17-15-26(16-18-27)24-9-7-22(8-10-24)6-4-5-19-28/h4,6,11-18,21-22,24H,3,5,7-10,19-20H2,1-2H3/t21?,22-,24-. The molecule has 3 rings (SSSR count). The first-order valence-electron chi connectivity index (χ1n) is 11.3. The fourth-order valence-electron chi connectivity index (χ4n) is 4.28.